The number of benzene rings is 2. The molecule has 2 aromatic rings. The number of amidine groups is 1. The molecule has 0 spiro atoms. The van der Waals surface area contributed by atoms with E-state index in [0.29, 0.717) is 62.4 Å². The van der Waals surface area contributed by atoms with Crippen LogP contribution in [-0.4, -0.2) is 66.1 Å². The molecule has 2 unspecified atom stereocenters. The standard InChI is InChI=1S/C25H27ClN4O6/c1-31-15-7-12(8-16(32-2)23(15)35-5)20-21(30-25-22(29-20)14(26)11-19(27)28-25)13-9-17(33-3)24(36-6)18(10-13)34-4/h7-11,19-20H,27H2,1-6H3. The molecule has 0 saturated carbocycles. The van der Waals surface area contributed by atoms with Crippen LogP contribution in [0.4, 0.5) is 0 Å². The van der Waals surface area contributed by atoms with E-state index in [9.17, 15) is 0 Å². The zero-order valence-corrected chi connectivity index (χ0v) is 21.5. The molecule has 0 aromatic heterocycles. The summed E-state index contributed by atoms with van der Waals surface area (Å²) < 4.78 is 33.2. The van der Waals surface area contributed by atoms with Crippen molar-refractivity contribution in [3.8, 4) is 34.5 Å². The van der Waals surface area contributed by atoms with Crippen molar-refractivity contribution < 1.29 is 28.4 Å². The van der Waals surface area contributed by atoms with Crippen LogP contribution < -0.4 is 34.2 Å². The van der Waals surface area contributed by atoms with Crippen LogP contribution in [0, 0.1) is 0 Å². The van der Waals surface area contributed by atoms with Crippen LogP contribution in [-0.2, 0) is 0 Å². The molecule has 2 aromatic carbocycles. The summed E-state index contributed by atoms with van der Waals surface area (Å²) in [5.41, 5.74) is 8.42. The Kier molecular flexibility index (Phi) is 7.37. The molecule has 4 rings (SSSR count). The molecule has 2 N–H and O–H groups in total. The lowest BCUT2D eigenvalue weighted by Gasteiger charge is -2.27. The van der Waals surface area contributed by atoms with E-state index >= 15 is 0 Å². The van der Waals surface area contributed by atoms with Gasteiger partial charge in [0.2, 0.25) is 11.5 Å². The molecule has 36 heavy (non-hydrogen) atoms. The van der Waals surface area contributed by atoms with E-state index in [1.807, 2.05) is 12.1 Å². The summed E-state index contributed by atoms with van der Waals surface area (Å²) in [6, 6.07) is 6.61. The first-order chi connectivity index (χ1) is 17.4. The van der Waals surface area contributed by atoms with Crippen molar-refractivity contribution in [1.82, 2.24) is 0 Å². The van der Waals surface area contributed by atoms with Crippen LogP contribution in [0.25, 0.3) is 0 Å². The second kappa shape index (κ2) is 10.5. The fourth-order valence-electron chi connectivity index (χ4n) is 4.09. The maximum Gasteiger partial charge on any atom is 0.203 e. The van der Waals surface area contributed by atoms with E-state index in [1.54, 1.807) is 60.9 Å². The summed E-state index contributed by atoms with van der Waals surface area (Å²) in [6.07, 6.45) is 0.991. The van der Waals surface area contributed by atoms with E-state index in [1.165, 1.54) is 0 Å². The average Bonchev–Trinajstić information content (AvgIpc) is 2.90. The Morgan fingerprint density at radius 1 is 0.722 bits per heavy atom. The molecule has 11 heteroatoms. The Morgan fingerprint density at radius 3 is 1.69 bits per heavy atom. The van der Waals surface area contributed by atoms with Gasteiger partial charge in [-0.25, -0.2) is 9.98 Å². The van der Waals surface area contributed by atoms with Crippen molar-refractivity contribution in [2.45, 2.75) is 12.2 Å². The Hall–Kier alpha value is -3.76. The Balaban J connectivity index is 1.97. The molecule has 0 fully saturated rings. The van der Waals surface area contributed by atoms with Crippen LogP contribution in [0.15, 0.2) is 50.4 Å². The number of methoxy groups -OCH3 is 6. The molecule has 0 radical (unpaired) electrons. The monoisotopic (exact) mass is 514 g/mol. The summed E-state index contributed by atoms with van der Waals surface area (Å²) in [4.78, 5) is 14.2. The van der Waals surface area contributed by atoms with E-state index < -0.39 is 12.2 Å². The molecule has 2 atom stereocenters. The quantitative estimate of drug-likeness (QED) is 0.572. The summed E-state index contributed by atoms with van der Waals surface area (Å²) in [5.74, 6) is 3.13. The summed E-state index contributed by atoms with van der Waals surface area (Å²) >= 11 is 6.51. The molecular weight excluding hydrogens is 488 g/mol. The lowest BCUT2D eigenvalue weighted by Crippen LogP contribution is -2.32. The Morgan fingerprint density at radius 2 is 1.22 bits per heavy atom. The van der Waals surface area contributed by atoms with Crippen LogP contribution in [0.2, 0.25) is 0 Å². The molecule has 2 aliphatic heterocycles. The highest BCUT2D eigenvalue weighted by Gasteiger charge is 2.33. The van der Waals surface area contributed by atoms with Gasteiger partial charge in [-0.05, 0) is 35.9 Å². The number of rotatable bonds is 8. The molecule has 190 valence electrons. The highest BCUT2D eigenvalue weighted by Crippen LogP contribution is 2.44. The van der Waals surface area contributed by atoms with Gasteiger partial charge in [0.05, 0.1) is 53.4 Å². The number of hydrogen-bond acceptors (Lipinski definition) is 10. The lowest BCUT2D eigenvalue weighted by atomic mass is 9.93. The first-order valence-corrected chi connectivity index (χ1v) is 11.2. The Bertz CT molecular complexity index is 1250. The van der Waals surface area contributed by atoms with Crippen molar-refractivity contribution in [2.24, 2.45) is 20.7 Å². The number of nitrogens with zero attached hydrogens (tertiary/aromatic N) is 3. The third kappa shape index (κ3) is 4.45. The number of hydrogen-bond donors (Lipinski definition) is 1. The predicted molar refractivity (Wildman–Crippen MR) is 138 cm³/mol. The molecule has 2 heterocycles. The summed E-state index contributed by atoms with van der Waals surface area (Å²) in [7, 11) is 9.28. The van der Waals surface area contributed by atoms with Crippen LogP contribution >= 0.6 is 11.6 Å². The number of halogens is 1. The number of dihydropyridines is 1. The highest BCUT2D eigenvalue weighted by atomic mass is 35.5. The van der Waals surface area contributed by atoms with E-state index in [0.717, 1.165) is 5.56 Å². The number of ether oxygens (including phenoxy) is 6. The molecule has 0 amide bonds. The fraction of sp³-hybridized carbons (Fsp3) is 0.320. The van der Waals surface area contributed by atoms with Gasteiger partial charge in [0, 0.05) is 5.56 Å². The molecular formula is C25H27ClN4O6. The van der Waals surface area contributed by atoms with E-state index in [-0.39, 0.29) is 0 Å². The average molecular weight is 515 g/mol. The number of nitrogens with two attached hydrogens (primary N) is 1. The minimum Gasteiger partial charge on any atom is -0.493 e. The maximum atomic E-state index is 6.51. The summed E-state index contributed by atoms with van der Waals surface area (Å²) in [5, 5.41) is 0.373. The Labute approximate surface area is 214 Å². The molecule has 0 bridgehead atoms. The zero-order chi connectivity index (χ0) is 26.0. The van der Waals surface area contributed by atoms with Crippen molar-refractivity contribution in [3.05, 3.63) is 46.5 Å². The first kappa shape index (κ1) is 25.3. The number of aliphatic imine (C=N–C) groups is 3. The van der Waals surface area contributed by atoms with Gasteiger partial charge in [0.15, 0.2) is 28.8 Å². The second-order valence-corrected chi connectivity index (χ2v) is 8.12. The van der Waals surface area contributed by atoms with E-state index in [4.69, 9.17) is 55.7 Å². The molecule has 0 saturated heterocycles. The smallest absolute Gasteiger partial charge is 0.203 e. The van der Waals surface area contributed by atoms with Gasteiger partial charge in [-0.15, -0.1) is 0 Å². The third-order valence-electron chi connectivity index (χ3n) is 5.73. The highest BCUT2D eigenvalue weighted by molar-refractivity contribution is 6.62. The maximum absolute atomic E-state index is 6.51. The van der Waals surface area contributed by atoms with Gasteiger partial charge in [0.25, 0.3) is 0 Å². The zero-order valence-electron chi connectivity index (χ0n) is 20.8. The fourth-order valence-corrected chi connectivity index (χ4v) is 4.35. The van der Waals surface area contributed by atoms with Crippen molar-refractivity contribution in [1.29, 1.82) is 0 Å². The van der Waals surface area contributed by atoms with Gasteiger partial charge < -0.3 is 34.2 Å². The third-order valence-corrected chi connectivity index (χ3v) is 6.04. The van der Waals surface area contributed by atoms with Crippen molar-refractivity contribution in [3.63, 3.8) is 0 Å². The van der Waals surface area contributed by atoms with Gasteiger partial charge in [-0.3, -0.25) is 4.99 Å². The van der Waals surface area contributed by atoms with Gasteiger partial charge >= 0.3 is 0 Å². The second-order valence-electron chi connectivity index (χ2n) is 7.71. The van der Waals surface area contributed by atoms with Gasteiger partial charge in [-0.1, -0.05) is 11.6 Å². The van der Waals surface area contributed by atoms with Crippen molar-refractivity contribution >= 4 is 28.9 Å². The van der Waals surface area contributed by atoms with E-state index in [2.05, 4.69) is 4.99 Å². The normalized spacial score (nSPS) is 18.7. The topological polar surface area (TPSA) is 118 Å². The lowest BCUT2D eigenvalue weighted by molar-refractivity contribution is 0.323. The van der Waals surface area contributed by atoms with Gasteiger partial charge in [0.1, 0.15) is 17.9 Å². The predicted octanol–water partition coefficient (Wildman–Crippen LogP) is 3.54. The molecule has 0 aliphatic carbocycles. The van der Waals surface area contributed by atoms with Gasteiger partial charge in [-0.2, -0.15) is 0 Å². The van der Waals surface area contributed by atoms with Crippen LogP contribution in [0.3, 0.4) is 0 Å². The minimum absolute atomic E-state index is 0.336. The molecule has 2 aliphatic rings. The first-order valence-electron chi connectivity index (χ1n) is 10.9. The molecule has 10 nitrogen and oxygen atoms in total. The largest absolute Gasteiger partial charge is 0.493 e. The minimum atomic E-state index is -0.630. The van der Waals surface area contributed by atoms with Crippen LogP contribution in [0.5, 0.6) is 34.5 Å². The number of fused-ring (bicyclic) bond motifs is 1. The summed E-state index contributed by atoms with van der Waals surface area (Å²) in [6.45, 7) is 0. The van der Waals surface area contributed by atoms with Crippen molar-refractivity contribution in [2.75, 3.05) is 42.7 Å². The SMILES string of the molecule is COc1cc(C2=NC3=NC(N)C=C(Cl)C3=NC2c2cc(OC)c(OC)c(OC)c2)cc(OC)c1OC. The van der Waals surface area contributed by atoms with Crippen LogP contribution in [0.1, 0.15) is 17.2 Å².